The van der Waals surface area contributed by atoms with Gasteiger partial charge in [0.15, 0.2) is 0 Å². The van der Waals surface area contributed by atoms with E-state index in [1.807, 2.05) is 6.92 Å². The molecule has 0 aromatic carbocycles. The van der Waals surface area contributed by atoms with Crippen molar-refractivity contribution in [3.05, 3.63) is 6.61 Å². The first-order valence-corrected chi connectivity index (χ1v) is 2.32. The second-order valence-electron chi connectivity index (χ2n) is 1.81. The Balaban J connectivity index is 2.40. The van der Waals surface area contributed by atoms with E-state index in [0.717, 1.165) is 0 Å². The van der Waals surface area contributed by atoms with Crippen LogP contribution in [0.25, 0.3) is 0 Å². The summed E-state index contributed by atoms with van der Waals surface area (Å²) in [5, 5.41) is 0. The first-order chi connectivity index (χ1) is 3.29. The summed E-state index contributed by atoms with van der Waals surface area (Å²) in [6, 6.07) is 0. The zero-order valence-electron chi connectivity index (χ0n) is 4.18. The molecular formula is C5H7O2. The molecule has 1 heterocycles. The quantitative estimate of drug-likeness (QED) is 0.418. The lowest BCUT2D eigenvalue weighted by atomic mass is 10.2. The predicted octanol–water partition coefficient (Wildman–Crippen LogP) is 0.731. The number of esters is 1. The molecule has 2 nitrogen and oxygen atoms in total. The van der Waals surface area contributed by atoms with E-state index < -0.39 is 0 Å². The van der Waals surface area contributed by atoms with Crippen LogP contribution in [0.1, 0.15) is 13.3 Å². The maximum absolute atomic E-state index is 10.2. The van der Waals surface area contributed by atoms with E-state index in [0.29, 0.717) is 12.3 Å². The Labute approximate surface area is 42.5 Å². The van der Waals surface area contributed by atoms with Gasteiger partial charge in [0.25, 0.3) is 0 Å². The van der Waals surface area contributed by atoms with Gasteiger partial charge in [0.2, 0.25) is 0 Å². The van der Waals surface area contributed by atoms with Crippen molar-refractivity contribution >= 4 is 5.97 Å². The second kappa shape index (κ2) is 1.52. The third-order valence-electron chi connectivity index (χ3n) is 0.920. The van der Waals surface area contributed by atoms with Crippen LogP contribution < -0.4 is 0 Å². The largest absolute Gasteiger partial charge is 0.458 e. The first kappa shape index (κ1) is 4.62. The number of hydrogen-bond donors (Lipinski definition) is 0. The number of cyclic esters (lactones) is 1. The van der Waals surface area contributed by atoms with Crippen molar-refractivity contribution in [3.8, 4) is 0 Å². The summed E-state index contributed by atoms with van der Waals surface area (Å²) in [6.07, 6.45) is 0.556. The molecule has 0 aromatic rings. The number of carbonyl (C=O) groups is 1. The van der Waals surface area contributed by atoms with E-state index in [-0.39, 0.29) is 5.97 Å². The molecule has 1 aliphatic rings. The van der Waals surface area contributed by atoms with Gasteiger partial charge in [-0.15, -0.1) is 0 Å². The minimum atomic E-state index is -0.104. The molecule has 1 fully saturated rings. The highest BCUT2D eigenvalue weighted by atomic mass is 16.5. The van der Waals surface area contributed by atoms with E-state index >= 15 is 0 Å². The molecule has 1 aliphatic heterocycles. The number of ether oxygens (including phenoxy) is 1. The van der Waals surface area contributed by atoms with Crippen LogP contribution in [0.5, 0.6) is 0 Å². The van der Waals surface area contributed by atoms with E-state index in [9.17, 15) is 4.79 Å². The number of hydrogen-bond acceptors (Lipinski definition) is 2. The lowest BCUT2D eigenvalue weighted by Gasteiger charge is -1.86. The van der Waals surface area contributed by atoms with Crippen molar-refractivity contribution in [3.63, 3.8) is 0 Å². The van der Waals surface area contributed by atoms with Gasteiger partial charge in [-0.25, -0.2) is 0 Å². The monoisotopic (exact) mass is 99.0 g/mol. The average molecular weight is 99.1 g/mol. The Morgan fingerprint density at radius 2 is 2.71 bits per heavy atom. The molecule has 1 radical (unpaired) electrons. The third kappa shape index (κ3) is 0.918. The molecule has 1 saturated heterocycles. The lowest BCUT2D eigenvalue weighted by Crippen LogP contribution is -1.88. The maximum Gasteiger partial charge on any atom is 0.306 e. The molecule has 2 heteroatoms. The molecule has 39 valence electrons. The Hall–Kier alpha value is -0.530. The summed E-state index contributed by atoms with van der Waals surface area (Å²) in [7, 11) is 0. The smallest absolute Gasteiger partial charge is 0.306 e. The van der Waals surface area contributed by atoms with Crippen molar-refractivity contribution in [1.29, 1.82) is 0 Å². The van der Waals surface area contributed by atoms with Gasteiger partial charge in [0, 0.05) is 5.92 Å². The van der Waals surface area contributed by atoms with Crippen LogP contribution in [0.3, 0.4) is 0 Å². The molecule has 1 atom stereocenters. The Morgan fingerprint density at radius 1 is 2.00 bits per heavy atom. The highest BCUT2D eigenvalue weighted by molar-refractivity contribution is 5.72. The van der Waals surface area contributed by atoms with Gasteiger partial charge in [-0.1, -0.05) is 6.92 Å². The van der Waals surface area contributed by atoms with Crippen LogP contribution in [-0.4, -0.2) is 5.97 Å². The van der Waals surface area contributed by atoms with Gasteiger partial charge in [0.05, 0.1) is 6.42 Å². The summed E-state index contributed by atoms with van der Waals surface area (Å²) >= 11 is 0. The molecule has 0 spiro atoms. The minimum absolute atomic E-state index is 0.104. The zero-order chi connectivity index (χ0) is 5.28. The van der Waals surface area contributed by atoms with Gasteiger partial charge in [-0.2, -0.15) is 0 Å². The maximum atomic E-state index is 10.2. The van der Waals surface area contributed by atoms with Crippen molar-refractivity contribution in [2.75, 3.05) is 0 Å². The van der Waals surface area contributed by atoms with Gasteiger partial charge in [-0.05, 0) is 0 Å². The highest BCUT2D eigenvalue weighted by Gasteiger charge is 2.19. The number of carbonyl (C=O) groups excluding carboxylic acids is 1. The van der Waals surface area contributed by atoms with Crippen LogP contribution in [0.15, 0.2) is 0 Å². The minimum Gasteiger partial charge on any atom is -0.458 e. The molecule has 0 aromatic heterocycles. The predicted molar refractivity (Wildman–Crippen MR) is 24.2 cm³/mol. The summed E-state index contributed by atoms with van der Waals surface area (Å²) in [5.41, 5.74) is 0. The van der Waals surface area contributed by atoms with Crippen LogP contribution in [-0.2, 0) is 9.53 Å². The third-order valence-corrected chi connectivity index (χ3v) is 0.920. The molecule has 0 aliphatic carbocycles. The van der Waals surface area contributed by atoms with Crippen molar-refractivity contribution in [2.45, 2.75) is 13.3 Å². The SMILES string of the molecule is CC1[CH]OC(=O)C1. The Morgan fingerprint density at radius 3 is 2.86 bits per heavy atom. The molecule has 0 saturated carbocycles. The van der Waals surface area contributed by atoms with Crippen LogP contribution >= 0.6 is 0 Å². The first-order valence-electron chi connectivity index (χ1n) is 2.32. The summed E-state index contributed by atoms with van der Waals surface area (Å²) in [5.74, 6) is 0.222. The van der Waals surface area contributed by atoms with E-state index in [1.165, 1.54) is 0 Å². The van der Waals surface area contributed by atoms with Gasteiger partial charge in [0.1, 0.15) is 6.61 Å². The van der Waals surface area contributed by atoms with Crippen molar-refractivity contribution in [1.82, 2.24) is 0 Å². The Bertz CT molecular complexity index is 88.1. The second-order valence-corrected chi connectivity index (χ2v) is 1.81. The topological polar surface area (TPSA) is 26.3 Å². The van der Waals surface area contributed by atoms with Crippen LogP contribution in [0, 0.1) is 12.5 Å². The van der Waals surface area contributed by atoms with E-state index in [2.05, 4.69) is 4.74 Å². The molecule has 0 bridgehead atoms. The van der Waals surface area contributed by atoms with Gasteiger partial charge >= 0.3 is 5.97 Å². The molecule has 0 amide bonds. The summed E-state index contributed by atoms with van der Waals surface area (Å²) in [4.78, 5) is 10.2. The Kier molecular flexibility index (Phi) is 1.01. The van der Waals surface area contributed by atoms with Crippen LogP contribution in [0.4, 0.5) is 0 Å². The molecular weight excluding hydrogens is 92.1 g/mol. The fourth-order valence-electron chi connectivity index (χ4n) is 0.551. The molecule has 0 N–H and O–H groups in total. The summed E-state index contributed by atoms with van der Waals surface area (Å²) < 4.78 is 4.50. The number of rotatable bonds is 0. The highest BCUT2D eigenvalue weighted by Crippen LogP contribution is 2.15. The fourth-order valence-corrected chi connectivity index (χ4v) is 0.551. The van der Waals surface area contributed by atoms with Crippen LogP contribution in [0.2, 0.25) is 0 Å². The van der Waals surface area contributed by atoms with Gasteiger partial charge < -0.3 is 4.74 Å². The molecule has 1 unspecified atom stereocenters. The summed E-state index contributed by atoms with van der Waals surface area (Å²) in [6.45, 7) is 3.52. The van der Waals surface area contributed by atoms with Gasteiger partial charge in [-0.3, -0.25) is 4.79 Å². The standard InChI is InChI=1S/C5H7O2/c1-4-2-5(6)7-3-4/h3-4H,2H2,1H3. The average Bonchev–Trinajstić information content (AvgIpc) is 1.87. The van der Waals surface area contributed by atoms with Crippen molar-refractivity contribution < 1.29 is 9.53 Å². The van der Waals surface area contributed by atoms with E-state index in [4.69, 9.17) is 0 Å². The lowest BCUT2D eigenvalue weighted by molar-refractivity contribution is -0.135. The molecule has 7 heavy (non-hydrogen) atoms. The normalized spacial score (nSPS) is 30.4. The molecule has 1 rings (SSSR count). The zero-order valence-corrected chi connectivity index (χ0v) is 4.18. The van der Waals surface area contributed by atoms with E-state index in [1.54, 1.807) is 6.61 Å². The van der Waals surface area contributed by atoms with Crippen molar-refractivity contribution in [2.24, 2.45) is 5.92 Å². The fraction of sp³-hybridized carbons (Fsp3) is 0.600.